The largest absolute Gasteiger partial charge is 0.352 e. The molecule has 7 nitrogen and oxygen atoms in total. The summed E-state index contributed by atoms with van der Waals surface area (Å²) < 4.78 is 5.35. The summed E-state index contributed by atoms with van der Waals surface area (Å²) in [6.07, 6.45) is 1.60. The van der Waals surface area contributed by atoms with Gasteiger partial charge >= 0.3 is 0 Å². The van der Waals surface area contributed by atoms with E-state index < -0.39 is 0 Å². The molecule has 1 aliphatic heterocycles. The molecule has 0 saturated carbocycles. The normalized spacial score (nSPS) is 14.5. The van der Waals surface area contributed by atoms with Crippen LogP contribution in [0.25, 0.3) is 21.5 Å². The topological polar surface area (TPSA) is 75.4 Å². The van der Waals surface area contributed by atoms with Crippen LogP contribution in [-0.4, -0.2) is 52.1 Å². The Balaban J connectivity index is 1.28. The number of rotatable bonds is 3. The highest BCUT2D eigenvalue weighted by Gasteiger charge is 2.26. The number of hydrogen-bond acceptors (Lipinski definition) is 7. The van der Waals surface area contributed by atoms with Crippen molar-refractivity contribution in [1.82, 2.24) is 20.0 Å². The lowest BCUT2D eigenvalue weighted by atomic mass is 10.1. The van der Waals surface area contributed by atoms with Gasteiger partial charge in [-0.25, -0.2) is 9.97 Å². The molecule has 0 aliphatic carbocycles. The van der Waals surface area contributed by atoms with Gasteiger partial charge in [0.1, 0.15) is 22.7 Å². The molecular weight excluding hydrogens is 386 g/mol. The van der Waals surface area contributed by atoms with E-state index in [1.54, 1.807) is 23.7 Å². The zero-order valence-corrected chi connectivity index (χ0v) is 16.7. The van der Waals surface area contributed by atoms with E-state index in [4.69, 9.17) is 4.52 Å². The first-order chi connectivity index (χ1) is 14.2. The molecule has 0 N–H and O–H groups in total. The highest BCUT2D eigenvalue weighted by molar-refractivity contribution is 7.16. The van der Waals surface area contributed by atoms with Crippen molar-refractivity contribution in [1.29, 1.82) is 0 Å². The third-order valence-electron chi connectivity index (χ3n) is 5.18. The average Bonchev–Trinajstić information content (AvgIpc) is 3.43. The van der Waals surface area contributed by atoms with E-state index in [1.165, 1.54) is 5.56 Å². The minimum Gasteiger partial charge on any atom is -0.352 e. The zero-order chi connectivity index (χ0) is 19.8. The first-order valence-corrected chi connectivity index (χ1v) is 10.3. The Morgan fingerprint density at radius 3 is 2.66 bits per heavy atom. The van der Waals surface area contributed by atoms with E-state index in [1.807, 2.05) is 47.5 Å². The highest BCUT2D eigenvalue weighted by Crippen LogP contribution is 2.27. The molecule has 146 valence electrons. The van der Waals surface area contributed by atoms with Crippen LogP contribution in [0.3, 0.4) is 0 Å². The Hall–Kier alpha value is -3.26. The first-order valence-electron chi connectivity index (χ1n) is 9.45. The minimum absolute atomic E-state index is 0.126. The fourth-order valence-corrected chi connectivity index (χ4v) is 4.27. The molecule has 5 rings (SSSR count). The summed E-state index contributed by atoms with van der Waals surface area (Å²) in [6.45, 7) is 4.68. The Labute approximate surface area is 171 Å². The maximum absolute atomic E-state index is 12.9. The van der Waals surface area contributed by atoms with Crippen molar-refractivity contribution in [2.45, 2.75) is 6.92 Å². The molecule has 1 fully saturated rings. The number of anilines is 1. The van der Waals surface area contributed by atoms with Crippen LogP contribution in [0.1, 0.15) is 16.1 Å². The number of carbonyl (C=O) groups is 1. The molecule has 1 aromatic carbocycles. The molecule has 0 radical (unpaired) electrons. The summed E-state index contributed by atoms with van der Waals surface area (Å²) >= 11 is 1.61. The van der Waals surface area contributed by atoms with Gasteiger partial charge in [0.2, 0.25) is 5.76 Å². The van der Waals surface area contributed by atoms with Crippen molar-refractivity contribution >= 4 is 33.3 Å². The second-order valence-corrected chi connectivity index (χ2v) is 7.95. The molecule has 29 heavy (non-hydrogen) atoms. The second-order valence-electron chi connectivity index (χ2n) is 7.06. The zero-order valence-electron chi connectivity index (χ0n) is 15.9. The van der Waals surface area contributed by atoms with Gasteiger partial charge in [0.25, 0.3) is 5.91 Å². The van der Waals surface area contributed by atoms with Crippen molar-refractivity contribution in [3.05, 3.63) is 59.4 Å². The molecule has 4 heterocycles. The summed E-state index contributed by atoms with van der Waals surface area (Å²) in [5, 5.41) is 7.17. The van der Waals surface area contributed by atoms with Gasteiger partial charge < -0.3 is 14.3 Å². The number of aromatic nitrogens is 3. The lowest BCUT2D eigenvalue weighted by molar-refractivity contribution is 0.0704. The van der Waals surface area contributed by atoms with Gasteiger partial charge in [-0.2, -0.15) is 0 Å². The summed E-state index contributed by atoms with van der Waals surface area (Å²) in [5.74, 6) is 1.08. The van der Waals surface area contributed by atoms with Crippen LogP contribution in [0.4, 0.5) is 5.82 Å². The van der Waals surface area contributed by atoms with Crippen molar-refractivity contribution in [3.8, 4) is 11.3 Å². The molecule has 3 aromatic heterocycles. The molecular formula is C21H19N5O2S. The number of nitrogens with zero attached hydrogens (tertiary/aromatic N) is 5. The van der Waals surface area contributed by atoms with Crippen LogP contribution in [0.2, 0.25) is 0 Å². The van der Waals surface area contributed by atoms with Crippen molar-refractivity contribution < 1.29 is 9.32 Å². The van der Waals surface area contributed by atoms with Crippen LogP contribution in [0.5, 0.6) is 0 Å². The van der Waals surface area contributed by atoms with Crippen LogP contribution in [0.15, 0.2) is 52.6 Å². The molecule has 0 unspecified atom stereocenters. The van der Waals surface area contributed by atoms with E-state index >= 15 is 0 Å². The number of fused-ring (bicyclic) bond motifs is 1. The van der Waals surface area contributed by atoms with Gasteiger partial charge in [-0.05, 0) is 18.4 Å². The van der Waals surface area contributed by atoms with Gasteiger partial charge in [0.05, 0.1) is 5.39 Å². The SMILES string of the molecule is Cc1ccc(-c2cc(C(=O)N3CCN(c4ncnc5sccc45)CC3)on2)cc1. The smallest absolute Gasteiger partial charge is 0.292 e. The molecule has 0 spiro atoms. The Kier molecular flexibility index (Phi) is 4.48. The second kappa shape index (κ2) is 7.29. The van der Waals surface area contributed by atoms with Crippen LogP contribution in [-0.2, 0) is 0 Å². The summed E-state index contributed by atoms with van der Waals surface area (Å²) in [6, 6.07) is 11.8. The highest BCUT2D eigenvalue weighted by atomic mass is 32.1. The van der Waals surface area contributed by atoms with E-state index in [0.717, 1.165) is 21.6 Å². The molecule has 1 aliphatic rings. The summed E-state index contributed by atoms with van der Waals surface area (Å²) in [5.41, 5.74) is 2.79. The van der Waals surface area contributed by atoms with Gasteiger partial charge in [-0.15, -0.1) is 11.3 Å². The molecule has 8 heteroatoms. The minimum atomic E-state index is -0.126. The number of thiophene rings is 1. The van der Waals surface area contributed by atoms with Gasteiger partial charge in [-0.1, -0.05) is 35.0 Å². The van der Waals surface area contributed by atoms with Gasteiger partial charge in [0, 0.05) is 37.8 Å². The van der Waals surface area contributed by atoms with Crippen molar-refractivity contribution in [2.75, 3.05) is 31.1 Å². The number of hydrogen-bond donors (Lipinski definition) is 0. The lowest BCUT2D eigenvalue weighted by Crippen LogP contribution is -2.49. The van der Waals surface area contributed by atoms with Crippen LogP contribution < -0.4 is 4.90 Å². The number of aryl methyl sites for hydroxylation is 1. The Bertz CT molecular complexity index is 1160. The van der Waals surface area contributed by atoms with Crippen LogP contribution >= 0.6 is 11.3 Å². The predicted octanol–water partition coefficient (Wildman–Crippen LogP) is 3.62. The summed E-state index contributed by atoms with van der Waals surface area (Å²) in [7, 11) is 0. The number of amides is 1. The summed E-state index contributed by atoms with van der Waals surface area (Å²) in [4.78, 5) is 26.6. The Morgan fingerprint density at radius 1 is 1.07 bits per heavy atom. The molecule has 1 amide bonds. The monoisotopic (exact) mass is 405 g/mol. The first kappa shape index (κ1) is 17.8. The van der Waals surface area contributed by atoms with Gasteiger partial charge in [0.15, 0.2) is 0 Å². The number of piperazine rings is 1. The Morgan fingerprint density at radius 2 is 1.86 bits per heavy atom. The third kappa shape index (κ3) is 3.36. The molecule has 0 bridgehead atoms. The predicted molar refractivity (Wildman–Crippen MR) is 112 cm³/mol. The average molecular weight is 405 g/mol. The standard InChI is InChI=1S/C21H19N5O2S/c1-14-2-4-15(5-3-14)17-12-18(28-24-17)21(27)26-9-7-25(8-10-26)19-16-6-11-29-20(16)23-13-22-19/h2-6,11-13H,7-10H2,1H3. The lowest BCUT2D eigenvalue weighted by Gasteiger charge is -2.35. The van der Waals surface area contributed by atoms with E-state index in [9.17, 15) is 4.79 Å². The number of benzene rings is 1. The van der Waals surface area contributed by atoms with E-state index in [2.05, 4.69) is 20.0 Å². The fourth-order valence-electron chi connectivity index (χ4n) is 3.54. The maximum atomic E-state index is 12.9. The molecule has 0 atom stereocenters. The quantitative estimate of drug-likeness (QED) is 0.518. The molecule has 1 saturated heterocycles. The van der Waals surface area contributed by atoms with Crippen molar-refractivity contribution in [2.24, 2.45) is 0 Å². The van der Waals surface area contributed by atoms with E-state index in [0.29, 0.717) is 31.9 Å². The molecule has 4 aromatic rings. The number of carbonyl (C=O) groups excluding carboxylic acids is 1. The third-order valence-corrected chi connectivity index (χ3v) is 6.00. The maximum Gasteiger partial charge on any atom is 0.292 e. The fraction of sp³-hybridized carbons (Fsp3) is 0.238. The van der Waals surface area contributed by atoms with E-state index in [-0.39, 0.29) is 11.7 Å². The van der Waals surface area contributed by atoms with Crippen molar-refractivity contribution in [3.63, 3.8) is 0 Å². The van der Waals surface area contributed by atoms with Gasteiger partial charge in [-0.3, -0.25) is 4.79 Å². The van der Waals surface area contributed by atoms with Crippen LogP contribution in [0, 0.1) is 6.92 Å².